The SMILES string of the molecule is CCn1c(CCC(=O)N2CCCCC2)nc2cc(S(=O)(=O)N3CCOCC3)ccc21. The molecule has 164 valence electrons. The fourth-order valence-corrected chi connectivity index (χ4v) is 5.75. The number of sulfonamides is 1. The van der Waals surface area contributed by atoms with Gasteiger partial charge in [0, 0.05) is 45.6 Å². The number of nitrogens with zero attached hydrogens (tertiary/aromatic N) is 4. The van der Waals surface area contributed by atoms with Crippen molar-refractivity contribution < 1.29 is 17.9 Å². The van der Waals surface area contributed by atoms with Crippen molar-refractivity contribution in [1.82, 2.24) is 18.8 Å². The Morgan fingerprint density at radius 3 is 2.53 bits per heavy atom. The predicted octanol–water partition coefficient (Wildman–Crippen LogP) is 2.02. The van der Waals surface area contributed by atoms with Crippen LogP contribution in [0.2, 0.25) is 0 Å². The molecular formula is C21H30N4O4S. The van der Waals surface area contributed by atoms with Crippen LogP contribution >= 0.6 is 0 Å². The first-order valence-electron chi connectivity index (χ1n) is 10.9. The number of morpholine rings is 1. The number of benzene rings is 1. The molecule has 4 rings (SSSR count). The second kappa shape index (κ2) is 9.03. The Bertz CT molecular complexity index is 1010. The number of hydrogen-bond donors (Lipinski definition) is 0. The number of carbonyl (C=O) groups excluding carboxylic acids is 1. The molecule has 30 heavy (non-hydrogen) atoms. The van der Waals surface area contributed by atoms with Gasteiger partial charge in [-0.2, -0.15) is 4.31 Å². The Hall–Kier alpha value is -1.97. The zero-order valence-electron chi connectivity index (χ0n) is 17.5. The van der Waals surface area contributed by atoms with Crippen molar-refractivity contribution in [2.75, 3.05) is 39.4 Å². The molecule has 0 spiro atoms. The van der Waals surface area contributed by atoms with Gasteiger partial charge in [0.2, 0.25) is 15.9 Å². The number of piperidine rings is 1. The lowest BCUT2D eigenvalue weighted by Gasteiger charge is -2.26. The standard InChI is InChI=1S/C21H30N4O4S/c1-2-25-19-7-6-17(30(27,28)24-12-14-29-15-13-24)16-18(19)22-20(25)8-9-21(26)23-10-4-3-5-11-23/h6-7,16H,2-5,8-15H2,1H3. The fraction of sp³-hybridized carbons (Fsp3) is 0.619. The molecule has 1 aromatic carbocycles. The summed E-state index contributed by atoms with van der Waals surface area (Å²) in [4.78, 5) is 19.5. The Labute approximate surface area is 177 Å². The second-order valence-corrected chi connectivity index (χ2v) is 9.82. The predicted molar refractivity (Wildman–Crippen MR) is 114 cm³/mol. The van der Waals surface area contributed by atoms with Crippen molar-refractivity contribution in [3.8, 4) is 0 Å². The molecule has 2 saturated heterocycles. The molecule has 0 radical (unpaired) electrons. The number of aromatic nitrogens is 2. The van der Waals surface area contributed by atoms with Crippen molar-refractivity contribution in [3.63, 3.8) is 0 Å². The number of likely N-dealkylation sites (tertiary alicyclic amines) is 1. The Morgan fingerprint density at radius 2 is 1.83 bits per heavy atom. The molecule has 0 unspecified atom stereocenters. The molecule has 3 heterocycles. The molecule has 0 N–H and O–H groups in total. The highest BCUT2D eigenvalue weighted by molar-refractivity contribution is 7.89. The summed E-state index contributed by atoms with van der Waals surface area (Å²) in [6, 6.07) is 5.14. The lowest BCUT2D eigenvalue weighted by molar-refractivity contribution is -0.132. The normalized spacial score (nSPS) is 18.8. The molecule has 8 nitrogen and oxygen atoms in total. The molecule has 0 aliphatic carbocycles. The van der Waals surface area contributed by atoms with Crippen LogP contribution in [0, 0.1) is 0 Å². The lowest BCUT2D eigenvalue weighted by Crippen LogP contribution is -2.40. The molecule has 0 bridgehead atoms. The van der Waals surface area contributed by atoms with Gasteiger partial charge in [-0.15, -0.1) is 0 Å². The second-order valence-electron chi connectivity index (χ2n) is 7.88. The summed E-state index contributed by atoms with van der Waals surface area (Å²) in [5.74, 6) is 1.01. The maximum absolute atomic E-state index is 13.0. The van der Waals surface area contributed by atoms with Gasteiger partial charge in [-0.1, -0.05) is 0 Å². The van der Waals surface area contributed by atoms with Crippen molar-refractivity contribution in [3.05, 3.63) is 24.0 Å². The van der Waals surface area contributed by atoms with Crippen molar-refractivity contribution in [2.45, 2.75) is 50.5 Å². The third kappa shape index (κ3) is 4.24. The average Bonchev–Trinajstić information content (AvgIpc) is 3.15. The number of hydrogen-bond acceptors (Lipinski definition) is 5. The smallest absolute Gasteiger partial charge is 0.243 e. The molecule has 2 fully saturated rings. The van der Waals surface area contributed by atoms with E-state index in [-0.39, 0.29) is 10.8 Å². The lowest BCUT2D eigenvalue weighted by atomic mass is 10.1. The van der Waals surface area contributed by atoms with Crippen LogP contribution in [0.3, 0.4) is 0 Å². The number of amides is 1. The molecule has 2 aliphatic heterocycles. The van der Waals surface area contributed by atoms with Gasteiger partial charge >= 0.3 is 0 Å². The maximum atomic E-state index is 13.0. The maximum Gasteiger partial charge on any atom is 0.243 e. The first-order chi connectivity index (χ1) is 14.5. The zero-order valence-corrected chi connectivity index (χ0v) is 18.4. The molecule has 2 aromatic rings. The van der Waals surface area contributed by atoms with E-state index in [1.807, 2.05) is 17.9 Å². The van der Waals surface area contributed by atoms with Crippen LogP contribution in [-0.2, 0) is 32.5 Å². The third-order valence-electron chi connectivity index (χ3n) is 5.99. The summed E-state index contributed by atoms with van der Waals surface area (Å²) < 4.78 is 34.7. The summed E-state index contributed by atoms with van der Waals surface area (Å²) in [5, 5.41) is 0. The van der Waals surface area contributed by atoms with Crippen molar-refractivity contribution >= 4 is 27.0 Å². The number of carbonyl (C=O) groups is 1. The van der Waals surface area contributed by atoms with Gasteiger partial charge in [0.15, 0.2) is 0 Å². The van der Waals surface area contributed by atoms with E-state index in [2.05, 4.69) is 4.57 Å². The van der Waals surface area contributed by atoms with Gasteiger partial charge in [-0.25, -0.2) is 13.4 Å². The summed E-state index contributed by atoms with van der Waals surface area (Å²) in [7, 11) is -3.56. The molecule has 1 aromatic heterocycles. The van der Waals surface area contributed by atoms with Gasteiger partial charge in [0.05, 0.1) is 29.1 Å². The van der Waals surface area contributed by atoms with E-state index in [0.717, 1.165) is 43.8 Å². The highest BCUT2D eigenvalue weighted by Gasteiger charge is 2.27. The summed E-state index contributed by atoms with van der Waals surface area (Å²) in [6.45, 7) is 6.04. The Morgan fingerprint density at radius 1 is 1.10 bits per heavy atom. The summed E-state index contributed by atoms with van der Waals surface area (Å²) >= 11 is 0. The minimum Gasteiger partial charge on any atom is -0.379 e. The van der Waals surface area contributed by atoms with E-state index in [9.17, 15) is 13.2 Å². The molecule has 1 amide bonds. The third-order valence-corrected chi connectivity index (χ3v) is 7.89. The van der Waals surface area contributed by atoms with E-state index < -0.39 is 10.0 Å². The average molecular weight is 435 g/mol. The van der Waals surface area contributed by atoms with Crippen LogP contribution in [-0.4, -0.2) is 72.5 Å². The van der Waals surface area contributed by atoms with Gasteiger partial charge in [-0.3, -0.25) is 4.79 Å². The van der Waals surface area contributed by atoms with Crippen LogP contribution in [0.1, 0.15) is 38.4 Å². The molecule has 2 aliphatic rings. The highest BCUT2D eigenvalue weighted by Crippen LogP contribution is 2.24. The number of aryl methyl sites for hydroxylation is 2. The van der Waals surface area contributed by atoms with E-state index in [4.69, 9.17) is 9.72 Å². The Balaban J connectivity index is 1.55. The van der Waals surface area contributed by atoms with Crippen molar-refractivity contribution in [1.29, 1.82) is 0 Å². The summed E-state index contributed by atoms with van der Waals surface area (Å²) in [6.07, 6.45) is 4.36. The number of imidazole rings is 1. The van der Waals surface area contributed by atoms with Crippen molar-refractivity contribution in [2.24, 2.45) is 0 Å². The van der Waals surface area contributed by atoms with E-state index >= 15 is 0 Å². The van der Waals surface area contributed by atoms with Gasteiger partial charge in [0.25, 0.3) is 0 Å². The fourth-order valence-electron chi connectivity index (χ4n) is 4.32. The first kappa shape index (κ1) is 21.3. The highest BCUT2D eigenvalue weighted by atomic mass is 32.2. The zero-order chi connectivity index (χ0) is 21.1. The number of rotatable bonds is 6. The van der Waals surface area contributed by atoms with Gasteiger partial charge in [-0.05, 0) is 44.4 Å². The van der Waals surface area contributed by atoms with E-state index in [1.54, 1.807) is 12.1 Å². The van der Waals surface area contributed by atoms with Gasteiger partial charge < -0.3 is 14.2 Å². The Kier molecular flexibility index (Phi) is 6.40. The van der Waals surface area contributed by atoms with Gasteiger partial charge in [0.1, 0.15) is 5.82 Å². The van der Waals surface area contributed by atoms with Crippen LogP contribution in [0.25, 0.3) is 11.0 Å². The largest absolute Gasteiger partial charge is 0.379 e. The van der Waals surface area contributed by atoms with Crippen LogP contribution < -0.4 is 0 Å². The topological polar surface area (TPSA) is 84.7 Å². The summed E-state index contributed by atoms with van der Waals surface area (Å²) in [5.41, 5.74) is 1.56. The first-order valence-corrected chi connectivity index (χ1v) is 12.3. The minimum absolute atomic E-state index is 0.181. The van der Waals surface area contributed by atoms with E-state index in [1.165, 1.54) is 10.7 Å². The monoisotopic (exact) mass is 434 g/mol. The van der Waals surface area contributed by atoms with Crippen LogP contribution in [0.15, 0.2) is 23.1 Å². The molecule has 9 heteroatoms. The number of fused-ring (bicyclic) bond motifs is 1. The quantitative estimate of drug-likeness (QED) is 0.695. The minimum atomic E-state index is -3.56. The van der Waals surface area contributed by atoms with Crippen LogP contribution in [0.4, 0.5) is 0 Å². The number of ether oxygens (including phenoxy) is 1. The van der Waals surface area contributed by atoms with Crippen LogP contribution in [0.5, 0.6) is 0 Å². The molecule has 0 saturated carbocycles. The molecular weight excluding hydrogens is 404 g/mol. The van der Waals surface area contributed by atoms with E-state index in [0.29, 0.717) is 44.7 Å². The molecule has 0 atom stereocenters.